The smallest absolute Gasteiger partial charge is 0.186 e. The van der Waals surface area contributed by atoms with Crippen molar-refractivity contribution in [2.24, 2.45) is 0 Å². The zero-order valence-corrected chi connectivity index (χ0v) is 64.3. The predicted octanol–water partition coefficient (Wildman–Crippen LogP) is 27.1. The molecule has 0 unspecified atom stereocenters. The number of aromatic nitrogens is 10. The summed E-state index contributed by atoms with van der Waals surface area (Å²) < 4.78 is 135. The second-order valence-corrected chi connectivity index (χ2v) is 29.0. The molecule has 22 rings (SSSR count). The van der Waals surface area contributed by atoms with Gasteiger partial charge in [-0.3, -0.25) is 19.5 Å². The first-order valence-corrected chi connectivity index (χ1v) is 39.2. The van der Waals surface area contributed by atoms with Gasteiger partial charge in [-0.25, -0.2) is 50.1 Å². The van der Waals surface area contributed by atoms with Crippen molar-refractivity contribution in [3.05, 3.63) is 423 Å². The summed E-state index contributed by atoms with van der Waals surface area (Å²) in [6.07, 6.45) is 6.54. The third-order valence-corrected chi connectivity index (χ3v) is 22.0. The molecule has 122 heavy (non-hydrogen) atoms. The molecule has 18 heteroatoms. The molecule has 10 nitrogen and oxygen atoms in total. The maximum absolute atomic E-state index is 16.0. The van der Waals surface area contributed by atoms with E-state index in [1.54, 1.807) is 195 Å². The Kier molecular flexibility index (Phi) is 19.2. The van der Waals surface area contributed by atoms with Crippen molar-refractivity contribution in [1.29, 1.82) is 0 Å². The maximum Gasteiger partial charge on any atom is 0.186 e. The number of hydrogen-bond acceptors (Lipinski definition) is 6. The number of halogens is 8. The monoisotopic (exact) mass is 1600 g/mol. The summed E-state index contributed by atoms with van der Waals surface area (Å²) in [5.74, 6) is -12.1. The second-order valence-electron chi connectivity index (χ2n) is 29.0. The van der Waals surface area contributed by atoms with Crippen molar-refractivity contribution in [3.8, 4) is 113 Å². The average Bonchev–Trinajstić information content (AvgIpc) is 1.51. The minimum absolute atomic E-state index is 0.0684. The van der Waals surface area contributed by atoms with E-state index in [9.17, 15) is 0 Å². The Morgan fingerprint density at radius 3 is 0.836 bits per heavy atom. The molecule has 0 atom stereocenters. The van der Waals surface area contributed by atoms with Crippen molar-refractivity contribution in [1.82, 2.24) is 48.2 Å². The number of nitrogens with zero attached hydrogens (tertiary/aromatic N) is 10. The van der Waals surface area contributed by atoms with Crippen LogP contribution in [0.5, 0.6) is 0 Å². The highest BCUT2D eigenvalue weighted by Gasteiger charge is 2.33. The molecule has 0 amide bonds. The Hall–Kier alpha value is -16.1. The van der Waals surface area contributed by atoms with Gasteiger partial charge in [0, 0.05) is 85.0 Å². The van der Waals surface area contributed by atoms with Gasteiger partial charge in [-0.2, -0.15) is 0 Å². The molecule has 584 valence electrons. The number of rotatable bonds is 12. The van der Waals surface area contributed by atoms with Crippen LogP contribution in [-0.4, -0.2) is 48.2 Å². The molecule has 10 heterocycles. The molecule has 0 saturated carbocycles. The summed E-state index contributed by atoms with van der Waals surface area (Å²) in [5, 5.41) is 6.46. The van der Waals surface area contributed by atoms with Crippen LogP contribution < -0.4 is 0 Å². The minimum Gasteiger partial charge on any atom is -0.309 e. The first-order valence-electron chi connectivity index (χ1n) is 39.2. The molecule has 0 saturated heterocycles. The minimum atomic E-state index is -1.52. The van der Waals surface area contributed by atoms with Gasteiger partial charge < -0.3 is 13.7 Å². The Morgan fingerprint density at radius 2 is 0.475 bits per heavy atom. The zero-order chi connectivity index (χ0) is 82.6. The molecular formula is C104H62F8N10. The summed E-state index contributed by atoms with van der Waals surface area (Å²) >= 11 is 0. The van der Waals surface area contributed by atoms with Gasteiger partial charge in [0.2, 0.25) is 0 Å². The van der Waals surface area contributed by atoms with Gasteiger partial charge >= 0.3 is 0 Å². The standard InChI is InChI=1S/C37H25N3.C34H19F4N3.C33H18F4N4/c1-3-12-26(13-4-1)35-32-18-11-25-38-37(32)40(36(35)27-14-5-2-6-15-27)29-23-21-28(22-24-29)39-33-19-9-7-16-30(33)31-17-8-10-20-34(31)39;35-30-29(21-18-25(20-10-2-1-3-11-20)40-26(19-21)24-14-8-9-17-39-24)31(36)33(38)34(32(30)37)41-27-15-6-4-12-22(27)23-13-5-7-16-28(23)41;34-29-28(19-17-24(22-11-5-7-15-38-22)40-25(18-19)23-12-6-8-16-39-23)30(35)32(37)33(31(29)36)41-26-13-3-1-9-20(26)21-10-2-4-14-27(21)41/h1-25H;1-19H;1-18H. The number of benzene rings is 12. The molecule has 10 aromatic heterocycles. The normalized spacial score (nSPS) is 11.4. The van der Waals surface area contributed by atoms with E-state index in [2.05, 4.69) is 174 Å². The van der Waals surface area contributed by atoms with E-state index in [0.717, 1.165) is 33.7 Å². The maximum atomic E-state index is 16.0. The van der Waals surface area contributed by atoms with E-state index < -0.39 is 69.0 Å². The number of hydrogen-bond donors (Lipinski definition) is 0. The fourth-order valence-electron chi connectivity index (χ4n) is 16.6. The molecule has 0 aliphatic carbocycles. The number of fused-ring (bicyclic) bond motifs is 10. The van der Waals surface area contributed by atoms with E-state index >= 15 is 35.1 Å². The SMILES string of the molecule is Fc1c(F)c(-n2c3ccccc3c3ccccc32)c(F)c(F)c1-c1cc(-c2ccccc2)nc(-c2ccccn2)c1.Fc1c(F)c(-n2c3ccccc3c3ccccc32)c(F)c(F)c1-c1cc(-c2ccccn2)nc(-c2ccccn2)c1.c1ccc(-c2c(-c3ccccc3)n(-c3ccc(-n4c5ccccc5c5ccccc54)cc3)c3ncccc23)cc1. The van der Waals surface area contributed by atoms with Crippen LogP contribution in [0.1, 0.15) is 0 Å². The first-order chi connectivity index (χ1) is 59.9. The van der Waals surface area contributed by atoms with Crippen molar-refractivity contribution in [2.75, 3.05) is 0 Å². The molecule has 0 bridgehead atoms. The summed E-state index contributed by atoms with van der Waals surface area (Å²) in [6, 6.07) is 109. The van der Waals surface area contributed by atoms with Gasteiger partial charge in [-0.05, 0) is 156 Å². The number of para-hydroxylation sites is 6. The predicted molar refractivity (Wildman–Crippen MR) is 469 cm³/mol. The molecule has 0 aliphatic heterocycles. The van der Waals surface area contributed by atoms with Crippen LogP contribution >= 0.6 is 0 Å². The molecule has 12 aromatic carbocycles. The second kappa shape index (κ2) is 31.4. The Labute approximate surface area is 691 Å². The van der Waals surface area contributed by atoms with E-state index in [1.807, 2.05) is 18.3 Å². The van der Waals surface area contributed by atoms with Crippen LogP contribution in [0.25, 0.3) is 189 Å². The average molecular weight is 1600 g/mol. The van der Waals surface area contributed by atoms with E-state index in [4.69, 9.17) is 4.98 Å². The van der Waals surface area contributed by atoms with E-state index in [-0.39, 0.29) is 22.5 Å². The highest BCUT2D eigenvalue weighted by atomic mass is 19.2. The molecule has 0 spiro atoms. The lowest BCUT2D eigenvalue weighted by Gasteiger charge is -2.16. The lowest BCUT2D eigenvalue weighted by atomic mass is 9.99. The third-order valence-electron chi connectivity index (χ3n) is 22.0. The van der Waals surface area contributed by atoms with Crippen LogP contribution in [0.15, 0.2) is 377 Å². The van der Waals surface area contributed by atoms with Gasteiger partial charge in [0.25, 0.3) is 0 Å². The molecule has 0 aliphatic rings. The van der Waals surface area contributed by atoms with Gasteiger partial charge in [0.05, 0.1) is 89.8 Å². The van der Waals surface area contributed by atoms with Crippen LogP contribution in [0.2, 0.25) is 0 Å². The van der Waals surface area contributed by atoms with Gasteiger partial charge in [-0.15, -0.1) is 0 Å². The van der Waals surface area contributed by atoms with E-state index in [0.29, 0.717) is 77.6 Å². The van der Waals surface area contributed by atoms with Crippen molar-refractivity contribution in [3.63, 3.8) is 0 Å². The fourth-order valence-corrected chi connectivity index (χ4v) is 16.6. The van der Waals surface area contributed by atoms with Crippen LogP contribution in [0.3, 0.4) is 0 Å². The third kappa shape index (κ3) is 13.0. The van der Waals surface area contributed by atoms with Crippen LogP contribution in [0, 0.1) is 46.5 Å². The lowest BCUT2D eigenvalue weighted by molar-refractivity contribution is 0.454. The molecule has 0 N–H and O–H groups in total. The lowest BCUT2D eigenvalue weighted by Crippen LogP contribution is -2.09. The highest BCUT2D eigenvalue weighted by molar-refractivity contribution is 6.12. The largest absolute Gasteiger partial charge is 0.309 e. The Bertz CT molecular complexity index is 7140. The Morgan fingerprint density at radius 1 is 0.189 bits per heavy atom. The van der Waals surface area contributed by atoms with Gasteiger partial charge in [0.15, 0.2) is 46.5 Å². The molecular weight excluding hydrogens is 1540 g/mol. The summed E-state index contributed by atoms with van der Waals surface area (Å²) in [5.41, 5.74) is 11.6. The van der Waals surface area contributed by atoms with Crippen molar-refractivity contribution >= 4 is 76.5 Å². The molecule has 0 radical (unpaired) electrons. The van der Waals surface area contributed by atoms with Crippen LogP contribution in [-0.2, 0) is 0 Å². The van der Waals surface area contributed by atoms with Crippen LogP contribution in [0.4, 0.5) is 35.1 Å². The zero-order valence-electron chi connectivity index (χ0n) is 64.3. The molecule has 0 fully saturated rings. The van der Waals surface area contributed by atoms with E-state index in [1.165, 1.54) is 66.3 Å². The van der Waals surface area contributed by atoms with Gasteiger partial charge in [-0.1, -0.05) is 218 Å². The first kappa shape index (κ1) is 74.7. The topological polar surface area (TPSA) is 97.1 Å². The summed E-state index contributed by atoms with van der Waals surface area (Å²) in [6.45, 7) is 0. The number of pyridine rings is 6. The quantitative estimate of drug-likeness (QED) is 0.0893. The molecule has 22 aromatic rings. The van der Waals surface area contributed by atoms with Gasteiger partial charge in [0.1, 0.15) is 17.0 Å². The highest BCUT2D eigenvalue weighted by Crippen LogP contribution is 2.46. The van der Waals surface area contributed by atoms with Crippen molar-refractivity contribution < 1.29 is 35.1 Å². The summed E-state index contributed by atoms with van der Waals surface area (Å²) in [7, 11) is 0. The summed E-state index contributed by atoms with van der Waals surface area (Å²) in [4.78, 5) is 27.0. The van der Waals surface area contributed by atoms with Crippen molar-refractivity contribution in [2.45, 2.75) is 0 Å². The Balaban J connectivity index is 0.000000116. The fraction of sp³-hybridized carbons (Fsp3) is 0.